The number of hydrogen-bond donors (Lipinski definition) is 2. The molecule has 0 amide bonds. The summed E-state index contributed by atoms with van der Waals surface area (Å²) < 4.78 is 6.19. The van der Waals surface area contributed by atoms with E-state index in [9.17, 15) is 9.90 Å². The number of rotatable bonds is 7. The van der Waals surface area contributed by atoms with Gasteiger partial charge in [0.25, 0.3) is 0 Å². The summed E-state index contributed by atoms with van der Waals surface area (Å²) in [6, 6.07) is 21.7. The number of carboxylic acid groups (broad SMARTS) is 1. The van der Waals surface area contributed by atoms with E-state index in [-0.39, 0.29) is 5.92 Å². The molecule has 0 aliphatic heterocycles. The number of nitrogens with one attached hydrogen (secondary N) is 1. The van der Waals surface area contributed by atoms with E-state index >= 15 is 0 Å². The van der Waals surface area contributed by atoms with Crippen molar-refractivity contribution in [2.45, 2.75) is 38.2 Å². The molecule has 2 aromatic carbocycles. The fourth-order valence-electron chi connectivity index (χ4n) is 4.82. The average Bonchev–Trinajstić information content (AvgIpc) is 3.53. The van der Waals surface area contributed by atoms with Crippen LogP contribution in [-0.4, -0.2) is 21.0 Å². The summed E-state index contributed by atoms with van der Waals surface area (Å²) in [4.78, 5) is 20.1. The van der Waals surface area contributed by atoms with E-state index in [1.807, 2.05) is 66.9 Å². The van der Waals surface area contributed by atoms with Gasteiger partial charge in [-0.2, -0.15) is 0 Å². The number of aromatic nitrogens is 2. The molecule has 2 aromatic heterocycles. The lowest BCUT2D eigenvalue weighted by Crippen LogP contribution is -2.19. The minimum atomic E-state index is -0.747. The Kier molecular flexibility index (Phi) is 5.63. The first kappa shape index (κ1) is 20.3. The van der Waals surface area contributed by atoms with E-state index in [1.54, 1.807) is 0 Å². The zero-order valence-electron chi connectivity index (χ0n) is 17.8. The summed E-state index contributed by atoms with van der Waals surface area (Å²) in [5.41, 5.74) is 4.40. The summed E-state index contributed by atoms with van der Waals surface area (Å²) in [6.07, 6.45) is 6.03. The number of benzene rings is 2. The van der Waals surface area contributed by atoms with Gasteiger partial charge in [-0.15, -0.1) is 0 Å². The zero-order valence-corrected chi connectivity index (χ0v) is 17.8. The van der Waals surface area contributed by atoms with Gasteiger partial charge in [-0.05, 0) is 60.7 Å². The Labute approximate surface area is 187 Å². The van der Waals surface area contributed by atoms with Gasteiger partial charge in [-0.3, -0.25) is 4.79 Å². The van der Waals surface area contributed by atoms with E-state index in [0.29, 0.717) is 12.4 Å². The van der Waals surface area contributed by atoms with Crippen molar-refractivity contribution in [3.63, 3.8) is 0 Å². The van der Waals surface area contributed by atoms with Crippen molar-refractivity contribution in [1.82, 2.24) is 9.97 Å². The van der Waals surface area contributed by atoms with Gasteiger partial charge in [0, 0.05) is 22.8 Å². The molecule has 1 atom stereocenters. The van der Waals surface area contributed by atoms with Crippen LogP contribution >= 0.6 is 0 Å². The number of aromatic amines is 1. The van der Waals surface area contributed by atoms with Crippen LogP contribution in [0.1, 0.15) is 42.9 Å². The van der Waals surface area contributed by atoms with Crippen molar-refractivity contribution in [3.8, 4) is 17.0 Å². The van der Waals surface area contributed by atoms with Gasteiger partial charge in [-0.25, -0.2) is 4.98 Å². The van der Waals surface area contributed by atoms with Crippen molar-refractivity contribution >= 4 is 16.9 Å². The lowest BCUT2D eigenvalue weighted by molar-refractivity contribution is -0.140. The first-order valence-corrected chi connectivity index (χ1v) is 11.2. The van der Waals surface area contributed by atoms with E-state index in [2.05, 4.69) is 11.1 Å². The molecule has 2 N–H and O–H groups in total. The van der Waals surface area contributed by atoms with Gasteiger partial charge in [0.15, 0.2) is 0 Å². The van der Waals surface area contributed by atoms with Gasteiger partial charge < -0.3 is 14.8 Å². The minimum absolute atomic E-state index is 0.192. The fraction of sp³-hybridized carbons (Fsp3) is 0.259. The van der Waals surface area contributed by atoms with Crippen LogP contribution in [0.3, 0.4) is 0 Å². The summed E-state index contributed by atoms with van der Waals surface area (Å²) in [6.45, 7) is 0.336. The molecule has 0 bridgehead atoms. The normalized spacial score (nSPS) is 15.1. The molecule has 1 aliphatic rings. The maximum Gasteiger partial charge on any atom is 0.311 e. The molecule has 32 heavy (non-hydrogen) atoms. The SMILES string of the molecule is O=C(O)C(c1ccc(OCc2ccc3ccccc3n2)c(-c2ccc[nH]2)c1)C1CCCC1. The van der Waals surface area contributed by atoms with Crippen molar-refractivity contribution in [3.05, 3.63) is 84.2 Å². The predicted molar refractivity (Wildman–Crippen MR) is 125 cm³/mol. The Morgan fingerprint density at radius 3 is 2.69 bits per heavy atom. The maximum atomic E-state index is 12.1. The zero-order chi connectivity index (χ0) is 21.9. The second kappa shape index (κ2) is 8.87. The molecule has 5 heteroatoms. The van der Waals surface area contributed by atoms with E-state index < -0.39 is 11.9 Å². The highest BCUT2D eigenvalue weighted by Crippen LogP contribution is 2.40. The molecule has 1 fully saturated rings. The largest absolute Gasteiger partial charge is 0.487 e. The summed E-state index contributed by atoms with van der Waals surface area (Å²) in [5.74, 6) is -0.329. The highest BCUT2D eigenvalue weighted by atomic mass is 16.5. The number of fused-ring (bicyclic) bond motifs is 1. The number of H-pyrrole nitrogens is 1. The molecule has 0 saturated heterocycles. The number of carbonyl (C=O) groups is 1. The monoisotopic (exact) mass is 426 g/mol. The van der Waals surface area contributed by atoms with Crippen LogP contribution < -0.4 is 4.74 Å². The minimum Gasteiger partial charge on any atom is -0.487 e. The fourth-order valence-corrected chi connectivity index (χ4v) is 4.82. The number of ether oxygens (including phenoxy) is 1. The molecule has 4 aromatic rings. The van der Waals surface area contributed by atoms with Crippen molar-refractivity contribution in [2.24, 2.45) is 5.92 Å². The third kappa shape index (κ3) is 4.11. The third-order valence-electron chi connectivity index (χ3n) is 6.42. The van der Waals surface area contributed by atoms with Crippen LogP contribution in [0.5, 0.6) is 5.75 Å². The van der Waals surface area contributed by atoms with Crippen LogP contribution in [0, 0.1) is 5.92 Å². The second-order valence-electron chi connectivity index (χ2n) is 8.48. The van der Waals surface area contributed by atoms with Crippen molar-refractivity contribution in [2.75, 3.05) is 0 Å². The Balaban J connectivity index is 1.45. The molecule has 5 nitrogen and oxygen atoms in total. The van der Waals surface area contributed by atoms with Crippen LogP contribution in [0.4, 0.5) is 0 Å². The molecular formula is C27H26N2O3. The van der Waals surface area contributed by atoms with Gasteiger partial charge in [0.05, 0.1) is 17.1 Å². The van der Waals surface area contributed by atoms with Gasteiger partial charge in [0.2, 0.25) is 0 Å². The van der Waals surface area contributed by atoms with Crippen molar-refractivity contribution < 1.29 is 14.6 Å². The highest BCUT2D eigenvalue weighted by molar-refractivity contribution is 5.79. The predicted octanol–water partition coefficient (Wildman–Crippen LogP) is 6.17. The van der Waals surface area contributed by atoms with Gasteiger partial charge >= 0.3 is 5.97 Å². The topological polar surface area (TPSA) is 75.2 Å². The Hall–Kier alpha value is -3.60. The molecule has 1 saturated carbocycles. The summed E-state index contributed by atoms with van der Waals surface area (Å²) in [5, 5.41) is 11.1. The number of carboxylic acids is 1. The second-order valence-corrected chi connectivity index (χ2v) is 8.48. The Morgan fingerprint density at radius 1 is 1.06 bits per heavy atom. The van der Waals surface area contributed by atoms with E-state index in [4.69, 9.17) is 9.72 Å². The number of para-hydroxylation sites is 1. The lowest BCUT2D eigenvalue weighted by atomic mass is 9.84. The first-order chi connectivity index (χ1) is 15.7. The molecule has 5 rings (SSSR count). The highest BCUT2D eigenvalue weighted by Gasteiger charge is 2.32. The molecule has 2 heterocycles. The van der Waals surface area contributed by atoms with Crippen molar-refractivity contribution in [1.29, 1.82) is 0 Å². The van der Waals surface area contributed by atoms with Crippen LogP contribution in [0.15, 0.2) is 72.9 Å². The molecule has 0 radical (unpaired) electrons. The first-order valence-electron chi connectivity index (χ1n) is 11.2. The maximum absolute atomic E-state index is 12.1. The van der Waals surface area contributed by atoms with Crippen LogP contribution in [0.2, 0.25) is 0 Å². The Morgan fingerprint density at radius 2 is 1.91 bits per heavy atom. The van der Waals surface area contributed by atoms with Crippen LogP contribution in [-0.2, 0) is 11.4 Å². The van der Waals surface area contributed by atoms with E-state index in [1.165, 1.54) is 0 Å². The number of pyridine rings is 1. The molecular weight excluding hydrogens is 400 g/mol. The van der Waals surface area contributed by atoms with Gasteiger partial charge in [-0.1, -0.05) is 43.2 Å². The van der Waals surface area contributed by atoms with Crippen LogP contribution in [0.25, 0.3) is 22.2 Å². The Bertz CT molecular complexity index is 1230. The van der Waals surface area contributed by atoms with E-state index in [0.717, 1.165) is 59.1 Å². The lowest BCUT2D eigenvalue weighted by Gasteiger charge is -2.21. The molecule has 162 valence electrons. The number of nitrogens with zero attached hydrogens (tertiary/aromatic N) is 1. The molecule has 1 unspecified atom stereocenters. The smallest absolute Gasteiger partial charge is 0.311 e. The average molecular weight is 427 g/mol. The summed E-state index contributed by atoms with van der Waals surface area (Å²) in [7, 11) is 0. The molecule has 1 aliphatic carbocycles. The third-order valence-corrected chi connectivity index (χ3v) is 6.42. The standard InChI is InChI=1S/C27H26N2O3/c30-27(31)26(19-7-1-2-8-19)20-12-14-25(22(16-20)24-10-5-15-28-24)32-17-21-13-11-18-6-3-4-9-23(18)29-21/h3-6,9-16,19,26,28H,1-2,7-8,17H2,(H,30,31). The van der Waals surface area contributed by atoms with Gasteiger partial charge in [0.1, 0.15) is 12.4 Å². The quantitative estimate of drug-likeness (QED) is 0.371. The number of hydrogen-bond acceptors (Lipinski definition) is 3. The summed E-state index contributed by atoms with van der Waals surface area (Å²) >= 11 is 0. The molecule has 0 spiro atoms. The number of aliphatic carboxylic acids is 1.